The Morgan fingerprint density at radius 2 is 2.16 bits per heavy atom. The van der Waals surface area contributed by atoms with E-state index in [1.54, 1.807) is 6.20 Å². The quantitative estimate of drug-likeness (QED) is 0.787. The molecule has 0 aromatic carbocycles. The summed E-state index contributed by atoms with van der Waals surface area (Å²) in [6.07, 6.45) is 1.73. The van der Waals surface area contributed by atoms with Crippen LogP contribution in [0.5, 0.6) is 0 Å². The van der Waals surface area contributed by atoms with E-state index in [0.717, 1.165) is 21.8 Å². The van der Waals surface area contributed by atoms with Gasteiger partial charge in [-0.1, -0.05) is 4.49 Å². The zero-order valence-electron chi connectivity index (χ0n) is 10.6. The SMILES string of the molecule is Cc1nc(NCc2snnc2C)c2cccnc2n1. The Morgan fingerprint density at radius 1 is 1.26 bits per heavy atom. The van der Waals surface area contributed by atoms with E-state index in [9.17, 15) is 0 Å². The third kappa shape index (κ3) is 2.37. The van der Waals surface area contributed by atoms with Gasteiger partial charge in [0.15, 0.2) is 5.65 Å². The molecule has 3 heterocycles. The molecule has 0 amide bonds. The number of nitrogens with zero attached hydrogens (tertiary/aromatic N) is 5. The van der Waals surface area contributed by atoms with Gasteiger partial charge in [-0.15, -0.1) is 5.10 Å². The molecule has 0 radical (unpaired) electrons. The molecule has 0 aliphatic heterocycles. The largest absolute Gasteiger partial charge is 0.364 e. The van der Waals surface area contributed by atoms with Crippen molar-refractivity contribution < 1.29 is 0 Å². The normalized spacial score (nSPS) is 10.8. The fourth-order valence-corrected chi connectivity index (χ4v) is 2.35. The molecule has 0 spiro atoms. The van der Waals surface area contributed by atoms with Gasteiger partial charge >= 0.3 is 0 Å². The van der Waals surface area contributed by atoms with Crippen molar-refractivity contribution in [1.82, 2.24) is 24.5 Å². The van der Waals surface area contributed by atoms with Gasteiger partial charge in [-0.3, -0.25) is 0 Å². The number of aromatic nitrogens is 5. The van der Waals surface area contributed by atoms with E-state index >= 15 is 0 Å². The Labute approximate surface area is 114 Å². The summed E-state index contributed by atoms with van der Waals surface area (Å²) in [6, 6.07) is 3.84. The number of nitrogens with one attached hydrogen (secondary N) is 1. The summed E-state index contributed by atoms with van der Waals surface area (Å²) in [5.74, 6) is 1.50. The molecule has 0 aliphatic rings. The van der Waals surface area contributed by atoms with E-state index in [0.29, 0.717) is 18.0 Å². The first-order valence-electron chi connectivity index (χ1n) is 5.85. The highest BCUT2D eigenvalue weighted by molar-refractivity contribution is 7.05. The predicted molar refractivity (Wildman–Crippen MR) is 74.0 cm³/mol. The number of pyridine rings is 1. The first kappa shape index (κ1) is 11.9. The molecule has 0 atom stereocenters. The third-order valence-corrected chi connectivity index (χ3v) is 3.57. The van der Waals surface area contributed by atoms with Crippen molar-refractivity contribution in [3.63, 3.8) is 0 Å². The topological polar surface area (TPSA) is 76.5 Å². The summed E-state index contributed by atoms with van der Waals surface area (Å²) < 4.78 is 3.92. The number of hydrogen-bond acceptors (Lipinski definition) is 7. The molecule has 0 bridgehead atoms. The number of anilines is 1. The minimum Gasteiger partial charge on any atom is -0.364 e. The van der Waals surface area contributed by atoms with Gasteiger partial charge < -0.3 is 5.32 Å². The molecule has 0 fully saturated rings. The minimum atomic E-state index is 0.657. The Balaban J connectivity index is 1.94. The highest BCUT2D eigenvalue weighted by Gasteiger charge is 2.08. The Morgan fingerprint density at radius 3 is 2.95 bits per heavy atom. The van der Waals surface area contributed by atoms with Gasteiger partial charge in [0.25, 0.3) is 0 Å². The second-order valence-corrected chi connectivity index (χ2v) is 4.97. The lowest BCUT2D eigenvalue weighted by Gasteiger charge is -2.08. The van der Waals surface area contributed by atoms with Crippen molar-refractivity contribution in [2.75, 3.05) is 5.32 Å². The Bertz CT molecular complexity index is 723. The molecule has 0 unspecified atom stereocenters. The maximum atomic E-state index is 4.43. The van der Waals surface area contributed by atoms with Crippen LogP contribution in [0, 0.1) is 13.8 Å². The number of aryl methyl sites for hydroxylation is 2. The van der Waals surface area contributed by atoms with Gasteiger partial charge in [-0.2, -0.15) is 0 Å². The molecule has 0 saturated heterocycles. The maximum Gasteiger partial charge on any atom is 0.164 e. The molecule has 19 heavy (non-hydrogen) atoms. The maximum absolute atomic E-state index is 4.43. The average Bonchev–Trinajstić information content (AvgIpc) is 2.81. The predicted octanol–water partition coefficient (Wildman–Crippen LogP) is 2.11. The van der Waals surface area contributed by atoms with Crippen molar-refractivity contribution in [3.8, 4) is 0 Å². The van der Waals surface area contributed by atoms with Crippen LogP contribution in [-0.2, 0) is 6.54 Å². The fraction of sp³-hybridized carbons (Fsp3) is 0.250. The summed E-state index contributed by atoms with van der Waals surface area (Å²) in [5.41, 5.74) is 1.65. The second-order valence-electron chi connectivity index (χ2n) is 4.13. The second kappa shape index (κ2) is 4.85. The van der Waals surface area contributed by atoms with Gasteiger partial charge in [0.1, 0.15) is 11.6 Å². The van der Waals surface area contributed by atoms with Gasteiger partial charge in [-0.05, 0) is 37.5 Å². The van der Waals surface area contributed by atoms with Crippen molar-refractivity contribution in [2.24, 2.45) is 0 Å². The van der Waals surface area contributed by atoms with E-state index in [4.69, 9.17) is 0 Å². The van der Waals surface area contributed by atoms with Crippen LogP contribution in [0.25, 0.3) is 11.0 Å². The Kier molecular flexibility index (Phi) is 3.04. The van der Waals surface area contributed by atoms with Crippen molar-refractivity contribution in [2.45, 2.75) is 20.4 Å². The Hall–Kier alpha value is -2.15. The molecule has 0 aliphatic carbocycles. The molecular formula is C12H12N6S. The summed E-state index contributed by atoms with van der Waals surface area (Å²) in [6.45, 7) is 4.47. The van der Waals surface area contributed by atoms with E-state index in [2.05, 4.69) is 29.9 Å². The summed E-state index contributed by atoms with van der Waals surface area (Å²) >= 11 is 1.40. The molecule has 1 N–H and O–H groups in total. The minimum absolute atomic E-state index is 0.657. The number of fused-ring (bicyclic) bond motifs is 1. The van der Waals surface area contributed by atoms with Crippen LogP contribution in [0.1, 0.15) is 16.4 Å². The monoisotopic (exact) mass is 272 g/mol. The van der Waals surface area contributed by atoms with Crippen molar-refractivity contribution in [1.29, 1.82) is 0 Å². The standard InChI is InChI=1S/C12H12N6S/c1-7-10(19-18-17-7)6-14-12-9-4-3-5-13-11(9)15-8(2)16-12/h3-5H,6H2,1-2H3,(H,13,14,15,16). The van der Waals surface area contributed by atoms with Crippen LogP contribution in [0.2, 0.25) is 0 Å². The van der Waals surface area contributed by atoms with Crippen LogP contribution in [0.15, 0.2) is 18.3 Å². The van der Waals surface area contributed by atoms with E-state index in [1.807, 2.05) is 26.0 Å². The first-order chi connectivity index (χ1) is 9.24. The van der Waals surface area contributed by atoms with Crippen LogP contribution in [-0.4, -0.2) is 24.5 Å². The van der Waals surface area contributed by atoms with Crippen LogP contribution >= 0.6 is 11.5 Å². The highest BCUT2D eigenvalue weighted by atomic mass is 32.1. The van der Waals surface area contributed by atoms with E-state index in [-0.39, 0.29) is 0 Å². The lowest BCUT2D eigenvalue weighted by atomic mass is 10.3. The molecule has 96 valence electrons. The third-order valence-electron chi connectivity index (χ3n) is 2.74. The lowest BCUT2D eigenvalue weighted by molar-refractivity contribution is 1.03. The van der Waals surface area contributed by atoms with Crippen molar-refractivity contribution >= 4 is 28.4 Å². The smallest absolute Gasteiger partial charge is 0.164 e. The fourth-order valence-electron chi connectivity index (χ4n) is 1.78. The van der Waals surface area contributed by atoms with Gasteiger partial charge in [0, 0.05) is 6.20 Å². The van der Waals surface area contributed by atoms with Crippen LogP contribution in [0.3, 0.4) is 0 Å². The average molecular weight is 272 g/mol. The molecule has 3 aromatic rings. The summed E-state index contributed by atoms with van der Waals surface area (Å²) in [5, 5.41) is 8.22. The van der Waals surface area contributed by atoms with E-state index in [1.165, 1.54) is 11.5 Å². The highest BCUT2D eigenvalue weighted by Crippen LogP contribution is 2.19. The molecule has 7 heteroatoms. The molecular weight excluding hydrogens is 260 g/mol. The molecule has 3 aromatic heterocycles. The number of hydrogen-bond donors (Lipinski definition) is 1. The molecule has 0 saturated carbocycles. The summed E-state index contributed by atoms with van der Waals surface area (Å²) in [7, 11) is 0. The zero-order valence-corrected chi connectivity index (χ0v) is 11.4. The van der Waals surface area contributed by atoms with Crippen LogP contribution < -0.4 is 5.32 Å². The van der Waals surface area contributed by atoms with Crippen LogP contribution in [0.4, 0.5) is 5.82 Å². The molecule has 6 nitrogen and oxygen atoms in total. The summed E-state index contributed by atoms with van der Waals surface area (Å²) in [4.78, 5) is 14.1. The van der Waals surface area contributed by atoms with Crippen molar-refractivity contribution in [3.05, 3.63) is 34.7 Å². The molecule has 3 rings (SSSR count). The van der Waals surface area contributed by atoms with Gasteiger partial charge in [-0.25, -0.2) is 15.0 Å². The first-order valence-corrected chi connectivity index (χ1v) is 6.62. The lowest BCUT2D eigenvalue weighted by Crippen LogP contribution is -2.04. The zero-order chi connectivity index (χ0) is 13.2. The number of rotatable bonds is 3. The van der Waals surface area contributed by atoms with Gasteiger partial charge in [0.05, 0.1) is 22.5 Å². The van der Waals surface area contributed by atoms with E-state index < -0.39 is 0 Å². The van der Waals surface area contributed by atoms with Gasteiger partial charge in [0.2, 0.25) is 0 Å².